The summed E-state index contributed by atoms with van der Waals surface area (Å²) in [5.41, 5.74) is -1.16. The highest BCUT2D eigenvalue weighted by atomic mass is 32.2. The van der Waals surface area contributed by atoms with Crippen LogP contribution in [0.3, 0.4) is 0 Å². The molecule has 1 saturated heterocycles. The quantitative estimate of drug-likeness (QED) is 0.754. The lowest BCUT2D eigenvalue weighted by atomic mass is 10.2. The van der Waals surface area contributed by atoms with Crippen molar-refractivity contribution in [2.45, 2.75) is 24.4 Å². The van der Waals surface area contributed by atoms with Crippen LogP contribution in [-0.4, -0.2) is 32.5 Å². The van der Waals surface area contributed by atoms with Crippen LogP contribution in [0, 0.1) is 11.6 Å². The summed E-state index contributed by atoms with van der Waals surface area (Å²) in [6.07, 6.45) is -3.37. The average Bonchev–Trinajstić information content (AvgIpc) is 3.05. The minimum Gasteiger partial charge on any atom is -0.355 e. The largest absolute Gasteiger partial charge is 0.417 e. The molecule has 2 heterocycles. The fourth-order valence-corrected chi connectivity index (χ4v) is 4.37. The zero-order valence-corrected chi connectivity index (χ0v) is 15.2. The molecule has 0 amide bonds. The molecule has 0 aliphatic carbocycles. The van der Waals surface area contributed by atoms with Gasteiger partial charge in [-0.2, -0.15) is 13.2 Å². The topological polar surface area (TPSA) is 62.3 Å². The van der Waals surface area contributed by atoms with Crippen molar-refractivity contribution in [3.8, 4) is 0 Å². The predicted molar refractivity (Wildman–Crippen MR) is 92.0 cm³/mol. The zero-order valence-electron chi connectivity index (χ0n) is 14.4. The van der Waals surface area contributed by atoms with Crippen molar-refractivity contribution in [3.05, 3.63) is 59.3 Å². The zero-order chi connectivity index (χ0) is 20.5. The Morgan fingerprint density at radius 1 is 1.18 bits per heavy atom. The molecule has 1 atom stereocenters. The van der Waals surface area contributed by atoms with Gasteiger partial charge in [-0.15, -0.1) is 0 Å². The number of hydrogen-bond acceptors (Lipinski definition) is 4. The van der Waals surface area contributed by atoms with Crippen LogP contribution >= 0.6 is 0 Å². The SMILES string of the molecule is O=S(=O)(Cc1cc(F)ccc1F)NC1CCN(c2ccc(C(F)(F)F)cn2)C1. The highest BCUT2D eigenvalue weighted by Gasteiger charge is 2.32. The van der Waals surface area contributed by atoms with E-state index in [1.807, 2.05) is 0 Å². The lowest BCUT2D eigenvalue weighted by molar-refractivity contribution is -0.137. The number of halogens is 5. The molecule has 2 aromatic rings. The third kappa shape index (κ3) is 4.96. The van der Waals surface area contributed by atoms with E-state index in [1.165, 1.54) is 6.07 Å². The van der Waals surface area contributed by atoms with Gasteiger partial charge in [-0.3, -0.25) is 0 Å². The fourth-order valence-electron chi connectivity index (χ4n) is 2.96. The molecule has 1 aliphatic rings. The van der Waals surface area contributed by atoms with Gasteiger partial charge in [-0.05, 0) is 36.8 Å². The van der Waals surface area contributed by atoms with Crippen molar-refractivity contribution in [3.63, 3.8) is 0 Å². The number of aromatic nitrogens is 1. The van der Waals surface area contributed by atoms with Crippen LogP contribution in [0.5, 0.6) is 0 Å². The number of nitrogens with one attached hydrogen (secondary N) is 1. The van der Waals surface area contributed by atoms with Crippen LogP contribution in [0.4, 0.5) is 27.8 Å². The molecule has 28 heavy (non-hydrogen) atoms. The van der Waals surface area contributed by atoms with Gasteiger partial charge in [0.25, 0.3) is 0 Å². The first-order valence-corrected chi connectivity index (χ1v) is 9.91. The summed E-state index contributed by atoms with van der Waals surface area (Å²) in [4.78, 5) is 5.43. The minimum absolute atomic E-state index is 0.198. The minimum atomic E-state index is -4.49. The number of alkyl halides is 3. The van der Waals surface area contributed by atoms with E-state index in [2.05, 4.69) is 9.71 Å². The van der Waals surface area contributed by atoms with Crippen LogP contribution < -0.4 is 9.62 Å². The summed E-state index contributed by atoms with van der Waals surface area (Å²) in [5.74, 6) is -1.99. The number of benzene rings is 1. The van der Waals surface area contributed by atoms with E-state index >= 15 is 0 Å². The highest BCUT2D eigenvalue weighted by Crippen LogP contribution is 2.30. The molecular weight excluding hydrogens is 405 g/mol. The van der Waals surface area contributed by atoms with Gasteiger partial charge >= 0.3 is 6.18 Å². The van der Waals surface area contributed by atoms with Gasteiger partial charge < -0.3 is 4.90 Å². The van der Waals surface area contributed by atoms with Crippen molar-refractivity contribution < 1.29 is 30.4 Å². The van der Waals surface area contributed by atoms with Crippen LogP contribution in [0.1, 0.15) is 17.5 Å². The molecule has 3 rings (SSSR count). The number of hydrogen-bond donors (Lipinski definition) is 1. The van der Waals surface area contributed by atoms with E-state index in [0.717, 1.165) is 30.5 Å². The summed E-state index contributed by atoms with van der Waals surface area (Å²) in [7, 11) is -3.94. The maximum absolute atomic E-state index is 13.7. The number of sulfonamides is 1. The van der Waals surface area contributed by atoms with Crippen LogP contribution in [0.25, 0.3) is 0 Å². The standard InChI is InChI=1S/C17H16F5N3O2S/c18-13-2-3-15(19)11(7-13)10-28(26,27)24-14-5-6-25(9-14)16-4-1-12(8-23-16)17(20,21)22/h1-4,7-8,14,24H,5-6,9-10H2. The first kappa shape index (κ1) is 20.5. The van der Waals surface area contributed by atoms with Gasteiger partial charge in [0.2, 0.25) is 10.0 Å². The first-order valence-electron chi connectivity index (χ1n) is 8.26. The van der Waals surface area contributed by atoms with Gasteiger partial charge in [0.15, 0.2) is 0 Å². The van der Waals surface area contributed by atoms with Crippen LogP contribution in [0.15, 0.2) is 36.5 Å². The smallest absolute Gasteiger partial charge is 0.355 e. The van der Waals surface area contributed by atoms with E-state index in [4.69, 9.17) is 0 Å². The van der Waals surface area contributed by atoms with E-state index < -0.39 is 45.2 Å². The third-order valence-corrected chi connectivity index (χ3v) is 5.67. The van der Waals surface area contributed by atoms with Crippen molar-refractivity contribution in [1.29, 1.82) is 0 Å². The van der Waals surface area contributed by atoms with Crippen LogP contribution in [-0.2, 0) is 22.0 Å². The fraction of sp³-hybridized carbons (Fsp3) is 0.353. The third-order valence-electron chi connectivity index (χ3n) is 4.29. The van der Waals surface area contributed by atoms with E-state index in [-0.39, 0.29) is 12.1 Å². The average molecular weight is 421 g/mol. The summed E-state index contributed by atoms with van der Waals surface area (Å²) in [6, 6.07) is 4.18. The monoisotopic (exact) mass is 421 g/mol. The lowest BCUT2D eigenvalue weighted by Gasteiger charge is -2.18. The van der Waals surface area contributed by atoms with Crippen molar-refractivity contribution in [1.82, 2.24) is 9.71 Å². The normalized spacial score (nSPS) is 17.9. The molecule has 11 heteroatoms. The van der Waals surface area contributed by atoms with E-state index in [9.17, 15) is 30.4 Å². The summed E-state index contributed by atoms with van der Waals surface area (Å²) in [5, 5.41) is 0. The number of pyridine rings is 1. The highest BCUT2D eigenvalue weighted by molar-refractivity contribution is 7.88. The predicted octanol–water partition coefficient (Wildman–Crippen LogP) is 3.08. The molecule has 0 saturated carbocycles. The Kier molecular flexibility index (Phi) is 5.57. The summed E-state index contributed by atoms with van der Waals surface area (Å²) < 4.78 is 91.6. The second-order valence-electron chi connectivity index (χ2n) is 6.45. The second-order valence-corrected chi connectivity index (χ2v) is 8.20. The van der Waals surface area contributed by atoms with Crippen molar-refractivity contribution >= 4 is 15.8 Å². The number of anilines is 1. The molecule has 0 radical (unpaired) electrons. The number of nitrogens with zero attached hydrogens (tertiary/aromatic N) is 2. The Balaban J connectivity index is 1.63. The molecule has 1 aliphatic heterocycles. The van der Waals surface area contributed by atoms with Gasteiger partial charge in [-0.1, -0.05) is 0 Å². The van der Waals surface area contributed by atoms with Crippen molar-refractivity contribution in [2.24, 2.45) is 0 Å². The maximum Gasteiger partial charge on any atom is 0.417 e. The second kappa shape index (κ2) is 7.63. The number of rotatable bonds is 5. The van der Waals surface area contributed by atoms with Gasteiger partial charge in [0.05, 0.1) is 11.3 Å². The van der Waals surface area contributed by atoms with Gasteiger partial charge in [0, 0.05) is 30.9 Å². The summed E-state index contributed by atoms with van der Waals surface area (Å²) in [6.45, 7) is 0.586. The molecule has 1 aromatic heterocycles. The molecule has 1 N–H and O–H groups in total. The molecule has 1 fully saturated rings. The van der Waals surface area contributed by atoms with E-state index in [1.54, 1.807) is 4.90 Å². The molecule has 1 unspecified atom stereocenters. The Hall–Kier alpha value is -2.27. The Morgan fingerprint density at radius 2 is 1.93 bits per heavy atom. The molecule has 1 aromatic carbocycles. The van der Waals surface area contributed by atoms with Crippen LogP contribution in [0.2, 0.25) is 0 Å². The molecule has 0 spiro atoms. The molecule has 5 nitrogen and oxygen atoms in total. The molecule has 152 valence electrons. The van der Waals surface area contributed by atoms with Gasteiger partial charge in [-0.25, -0.2) is 26.9 Å². The molecular formula is C17H16F5N3O2S. The maximum atomic E-state index is 13.7. The summed E-state index contributed by atoms with van der Waals surface area (Å²) >= 11 is 0. The Morgan fingerprint density at radius 3 is 2.57 bits per heavy atom. The molecule has 0 bridgehead atoms. The van der Waals surface area contributed by atoms with Crippen molar-refractivity contribution in [2.75, 3.05) is 18.0 Å². The first-order chi connectivity index (χ1) is 13.0. The lowest BCUT2D eigenvalue weighted by Crippen LogP contribution is -2.38. The Bertz CT molecular complexity index is 948. The van der Waals surface area contributed by atoms with E-state index in [0.29, 0.717) is 18.8 Å². The Labute approximate surface area is 158 Å². The van der Waals surface area contributed by atoms with Gasteiger partial charge in [0.1, 0.15) is 17.5 Å².